The van der Waals surface area contributed by atoms with Crippen LogP contribution in [-0.2, 0) is 4.52 Å². The van der Waals surface area contributed by atoms with E-state index in [9.17, 15) is 0 Å². The van der Waals surface area contributed by atoms with E-state index in [4.69, 9.17) is 0 Å². The maximum absolute atomic E-state index is 4.69. The number of nitrogens with zero attached hydrogens (tertiary/aromatic N) is 1. The van der Waals surface area contributed by atoms with Crippen LogP contribution >= 0.6 is 7.56 Å². The summed E-state index contributed by atoms with van der Waals surface area (Å²) in [5.41, 5.74) is 0. The first-order valence-corrected chi connectivity index (χ1v) is 2.95. The van der Waals surface area contributed by atoms with Crippen LogP contribution < -0.4 is 0 Å². The van der Waals surface area contributed by atoms with Crippen LogP contribution in [0.15, 0.2) is 4.74 Å². The number of rotatable bonds is 1. The van der Waals surface area contributed by atoms with Gasteiger partial charge < -0.3 is 4.52 Å². The van der Waals surface area contributed by atoms with E-state index < -0.39 is 7.56 Å². The summed E-state index contributed by atoms with van der Waals surface area (Å²) < 4.78 is 8.42. The van der Waals surface area contributed by atoms with E-state index in [1.807, 2.05) is 0 Å². The molecule has 0 rings (SSSR count). The first-order chi connectivity index (χ1) is 2.81. The van der Waals surface area contributed by atoms with Crippen molar-refractivity contribution in [1.29, 1.82) is 0 Å². The summed E-state index contributed by atoms with van der Waals surface area (Å²) in [7, 11) is 2.60. The van der Waals surface area contributed by atoms with Crippen LogP contribution in [0.5, 0.6) is 0 Å². The Morgan fingerprint density at radius 3 is 2.33 bits per heavy atom. The van der Waals surface area contributed by atoms with Crippen LogP contribution in [0.4, 0.5) is 0 Å². The molecule has 1 atom stereocenters. The van der Waals surface area contributed by atoms with Gasteiger partial charge in [0, 0.05) is 14.2 Å². The molecule has 0 aromatic heterocycles. The van der Waals surface area contributed by atoms with Crippen molar-refractivity contribution in [3.8, 4) is 0 Å². The Balaban J connectivity index is 3.54. The van der Waals surface area contributed by atoms with Crippen molar-refractivity contribution >= 4 is 13.9 Å². The summed E-state index contributed by atoms with van der Waals surface area (Å²) in [6, 6.07) is 0. The van der Waals surface area contributed by atoms with Gasteiger partial charge in [0.25, 0.3) is 0 Å². The Kier molecular flexibility index (Phi) is 3.10. The number of hydrogen-bond donors (Lipinski definition) is 0. The summed E-state index contributed by atoms with van der Waals surface area (Å²) >= 11 is 0. The lowest BCUT2D eigenvalue weighted by Crippen LogP contribution is -1.52. The van der Waals surface area contributed by atoms with Crippen LogP contribution in [0.3, 0.4) is 0 Å². The first kappa shape index (κ1) is 5.93. The van der Waals surface area contributed by atoms with E-state index in [1.54, 1.807) is 14.2 Å². The molecule has 3 heteroatoms. The molecule has 0 amide bonds. The molecule has 0 radical (unpaired) electrons. The van der Waals surface area contributed by atoms with Gasteiger partial charge in [-0.25, -0.2) is 0 Å². The van der Waals surface area contributed by atoms with Crippen LogP contribution in [0.25, 0.3) is 0 Å². The quantitative estimate of drug-likeness (QED) is 0.460. The minimum Gasteiger partial charge on any atom is -0.320 e. The fraction of sp³-hybridized carbons (Fsp3) is 0.667. The third-order valence-corrected chi connectivity index (χ3v) is 1.30. The molecule has 0 aliphatic heterocycles. The highest BCUT2D eigenvalue weighted by Gasteiger charge is 1.60. The molecule has 36 valence electrons. The smallest absolute Gasteiger partial charge is 0.0952 e. The molecule has 0 fully saturated rings. The summed E-state index contributed by atoms with van der Waals surface area (Å²) in [5, 5.41) is 0. The minimum absolute atomic E-state index is 0.701. The summed E-state index contributed by atoms with van der Waals surface area (Å²) in [5.74, 6) is 0. The molecular formula is C3H8NOP. The SMILES string of the molecule is C=P(=NC)OC. The third-order valence-electron chi connectivity index (χ3n) is 0.434. The largest absolute Gasteiger partial charge is 0.320 e. The molecule has 0 aliphatic rings. The van der Waals surface area contributed by atoms with Gasteiger partial charge in [-0.1, -0.05) is 0 Å². The van der Waals surface area contributed by atoms with Gasteiger partial charge in [0.2, 0.25) is 0 Å². The van der Waals surface area contributed by atoms with Gasteiger partial charge in [-0.15, -0.1) is 0 Å². The molecule has 6 heavy (non-hydrogen) atoms. The standard InChI is InChI=1S/C3H8NOP/c1-4-6(3)5-2/h3H2,1-2H3. The average molecular weight is 105 g/mol. The zero-order valence-corrected chi connectivity index (χ0v) is 4.90. The highest BCUT2D eigenvalue weighted by Crippen LogP contribution is 2.04. The lowest BCUT2D eigenvalue weighted by molar-refractivity contribution is 0.479. The van der Waals surface area contributed by atoms with Crippen molar-refractivity contribution in [3.63, 3.8) is 0 Å². The lowest BCUT2D eigenvalue weighted by atomic mass is 11.6. The predicted molar refractivity (Wildman–Crippen MR) is 29.4 cm³/mol. The van der Waals surface area contributed by atoms with E-state index in [0.29, 0.717) is 0 Å². The van der Waals surface area contributed by atoms with Crippen molar-refractivity contribution in [2.24, 2.45) is 4.74 Å². The van der Waals surface area contributed by atoms with Crippen molar-refractivity contribution in [1.82, 2.24) is 0 Å². The highest BCUT2D eigenvalue weighted by molar-refractivity contribution is 7.40. The molecule has 0 aromatic rings. The molecule has 0 N–H and O–H groups in total. The summed E-state index contributed by atoms with van der Waals surface area (Å²) in [4.78, 5) is 0. The topological polar surface area (TPSA) is 21.6 Å². The molecule has 0 bridgehead atoms. The van der Waals surface area contributed by atoms with E-state index in [1.165, 1.54) is 0 Å². The van der Waals surface area contributed by atoms with Crippen molar-refractivity contribution in [2.45, 2.75) is 0 Å². The van der Waals surface area contributed by atoms with E-state index in [2.05, 4.69) is 15.6 Å². The lowest BCUT2D eigenvalue weighted by Gasteiger charge is -1.78. The maximum atomic E-state index is 4.69. The molecule has 0 aromatic carbocycles. The van der Waals surface area contributed by atoms with Gasteiger partial charge in [0.05, 0.1) is 7.56 Å². The Bertz CT molecular complexity index is 93.0. The molecule has 2 nitrogen and oxygen atoms in total. The Labute approximate surface area is 38.3 Å². The second-order valence-electron chi connectivity index (χ2n) is 0.735. The van der Waals surface area contributed by atoms with Crippen LogP contribution in [0, 0.1) is 0 Å². The molecule has 0 saturated carbocycles. The van der Waals surface area contributed by atoms with Crippen molar-refractivity contribution in [3.05, 3.63) is 0 Å². The van der Waals surface area contributed by atoms with Gasteiger partial charge in [-0.3, -0.25) is 4.74 Å². The zero-order chi connectivity index (χ0) is 4.99. The van der Waals surface area contributed by atoms with Crippen LogP contribution in [0.1, 0.15) is 0 Å². The van der Waals surface area contributed by atoms with Crippen molar-refractivity contribution < 1.29 is 4.52 Å². The molecule has 1 unspecified atom stereocenters. The second kappa shape index (κ2) is 3.13. The highest BCUT2D eigenvalue weighted by atomic mass is 31.1. The summed E-state index contributed by atoms with van der Waals surface area (Å²) in [6.45, 7) is 0. The number of hydrogen-bond acceptors (Lipinski definition) is 2. The van der Waals surface area contributed by atoms with E-state index in [0.717, 1.165) is 0 Å². The van der Waals surface area contributed by atoms with Gasteiger partial charge in [0.1, 0.15) is 0 Å². The van der Waals surface area contributed by atoms with E-state index >= 15 is 0 Å². The maximum Gasteiger partial charge on any atom is 0.0952 e. The fourth-order valence-electron chi connectivity index (χ4n) is 0.0816. The third kappa shape index (κ3) is 2.18. The van der Waals surface area contributed by atoms with E-state index in [-0.39, 0.29) is 0 Å². The van der Waals surface area contributed by atoms with Gasteiger partial charge in [0.15, 0.2) is 0 Å². The Morgan fingerprint density at radius 1 is 1.83 bits per heavy atom. The van der Waals surface area contributed by atoms with Gasteiger partial charge in [-0.05, 0) is 6.30 Å². The monoisotopic (exact) mass is 105 g/mol. The van der Waals surface area contributed by atoms with Crippen LogP contribution in [-0.4, -0.2) is 20.5 Å². The molecule has 0 saturated heterocycles. The van der Waals surface area contributed by atoms with Crippen LogP contribution in [0.2, 0.25) is 0 Å². The predicted octanol–water partition coefficient (Wildman–Crippen LogP) is 1.28. The normalized spacial score (nSPS) is 12.0. The fourth-order valence-corrected chi connectivity index (χ4v) is 0.245. The molecule has 0 heterocycles. The Hall–Kier alpha value is -0.0700. The Morgan fingerprint density at radius 2 is 2.33 bits per heavy atom. The van der Waals surface area contributed by atoms with Gasteiger partial charge >= 0.3 is 0 Å². The molecule has 0 aliphatic carbocycles. The minimum atomic E-state index is -0.701. The molecular weight excluding hydrogens is 97.0 g/mol. The average Bonchev–Trinajstić information content (AvgIpc) is 1.65. The first-order valence-electron chi connectivity index (χ1n) is 1.55. The van der Waals surface area contributed by atoms with Crippen molar-refractivity contribution in [2.75, 3.05) is 14.2 Å². The zero-order valence-electron chi connectivity index (χ0n) is 4.01. The second-order valence-corrected chi connectivity index (χ2v) is 2.20. The molecule has 0 spiro atoms. The van der Waals surface area contributed by atoms with Gasteiger partial charge in [-0.2, -0.15) is 0 Å². The summed E-state index contributed by atoms with van der Waals surface area (Å²) in [6.07, 6.45) is 3.55.